The molecule has 1 aliphatic rings. The maximum atomic E-state index is 13.4. The Morgan fingerprint density at radius 1 is 1.37 bits per heavy atom. The van der Waals surface area contributed by atoms with Gasteiger partial charge in [-0.25, -0.2) is 4.39 Å². The van der Waals surface area contributed by atoms with Gasteiger partial charge in [-0.05, 0) is 49.4 Å². The van der Waals surface area contributed by atoms with E-state index in [9.17, 15) is 4.39 Å². The van der Waals surface area contributed by atoms with Crippen molar-refractivity contribution in [1.29, 1.82) is 0 Å². The lowest BCUT2D eigenvalue weighted by atomic mass is 9.86. The van der Waals surface area contributed by atoms with Gasteiger partial charge >= 0.3 is 0 Å². The quantitative estimate of drug-likeness (QED) is 0.898. The Bertz CT molecular complexity index is 431. The summed E-state index contributed by atoms with van der Waals surface area (Å²) < 4.78 is 13.4. The molecule has 0 saturated heterocycles. The molecule has 0 heterocycles. The van der Waals surface area contributed by atoms with Gasteiger partial charge in [-0.2, -0.15) is 0 Å². The number of halogens is 1. The molecule has 3 heteroatoms. The van der Waals surface area contributed by atoms with Gasteiger partial charge in [0.2, 0.25) is 0 Å². The maximum absolute atomic E-state index is 13.4. The zero-order valence-electron chi connectivity index (χ0n) is 12.2. The van der Waals surface area contributed by atoms with Gasteiger partial charge in [-0.3, -0.25) is 0 Å². The molecule has 0 bridgehead atoms. The summed E-state index contributed by atoms with van der Waals surface area (Å²) in [7, 11) is 2.11. The van der Waals surface area contributed by atoms with Crippen molar-refractivity contribution in [3.05, 3.63) is 29.6 Å². The first-order valence-electron chi connectivity index (χ1n) is 7.27. The van der Waals surface area contributed by atoms with Crippen molar-refractivity contribution >= 4 is 5.69 Å². The van der Waals surface area contributed by atoms with E-state index in [-0.39, 0.29) is 11.9 Å². The van der Waals surface area contributed by atoms with E-state index in [2.05, 4.69) is 18.9 Å². The van der Waals surface area contributed by atoms with Crippen LogP contribution in [0.4, 0.5) is 10.1 Å². The summed E-state index contributed by atoms with van der Waals surface area (Å²) in [6.07, 6.45) is 5.04. The predicted octanol–water partition coefficient (Wildman–Crippen LogP) is 3.86. The number of nitrogens with zero attached hydrogens (tertiary/aromatic N) is 1. The molecule has 2 N–H and O–H groups in total. The third-order valence-electron chi connectivity index (χ3n) is 4.32. The highest BCUT2D eigenvalue weighted by atomic mass is 19.1. The standard InChI is InChI=1S/C16H25FN2/c1-11-5-4-6-14(9-11)19(3)16-8-7-13(17)10-15(16)12(2)18/h7-8,10-12,14H,4-6,9,18H2,1-3H3. The van der Waals surface area contributed by atoms with E-state index >= 15 is 0 Å². The van der Waals surface area contributed by atoms with Crippen LogP contribution >= 0.6 is 0 Å². The number of hydrogen-bond acceptors (Lipinski definition) is 2. The van der Waals surface area contributed by atoms with Crippen molar-refractivity contribution < 1.29 is 4.39 Å². The molecule has 0 spiro atoms. The average Bonchev–Trinajstić information content (AvgIpc) is 2.37. The minimum atomic E-state index is -0.207. The molecule has 0 aliphatic heterocycles. The van der Waals surface area contributed by atoms with Crippen LogP contribution in [-0.2, 0) is 0 Å². The van der Waals surface area contributed by atoms with Gasteiger partial charge in [0.1, 0.15) is 5.82 Å². The van der Waals surface area contributed by atoms with E-state index < -0.39 is 0 Å². The molecule has 0 radical (unpaired) electrons. The van der Waals surface area contributed by atoms with Gasteiger partial charge in [0.05, 0.1) is 0 Å². The molecule has 2 rings (SSSR count). The van der Waals surface area contributed by atoms with E-state index in [4.69, 9.17) is 5.73 Å². The second-order valence-electron chi connectivity index (χ2n) is 6.03. The Morgan fingerprint density at radius 2 is 2.11 bits per heavy atom. The molecule has 1 aromatic rings. The largest absolute Gasteiger partial charge is 0.371 e. The Hall–Kier alpha value is -1.09. The van der Waals surface area contributed by atoms with Crippen LogP contribution in [0.25, 0.3) is 0 Å². The molecule has 1 saturated carbocycles. The SMILES string of the molecule is CC1CCCC(N(C)c2ccc(F)cc2C(C)N)C1. The van der Waals surface area contributed by atoms with Gasteiger partial charge in [0.15, 0.2) is 0 Å². The first kappa shape index (κ1) is 14.3. The first-order valence-corrected chi connectivity index (χ1v) is 7.27. The van der Waals surface area contributed by atoms with Crippen molar-refractivity contribution in [2.45, 2.75) is 51.6 Å². The van der Waals surface area contributed by atoms with Crippen LogP contribution in [0.15, 0.2) is 18.2 Å². The minimum Gasteiger partial charge on any atom is -0.371 e. The second kappa shape index (κ2) is 5.91. The molecule has 3 atom stereocenters. The molecule has 1 aromatic carbocycles. The summed E-state index contributed by atoms with van der Waals surface area (Å²) in [4.78, 5) is 2.30. The fourth-order valence-corrected chi connectivity index (χ4v) is 3.16. The van der Waals surface area contributed by atoms with Gasteiger partial charge in [-0.15, -0.1) is 0 Å². The molecule has 0 amide bonds. The van der Waals surface area contributed by atoms with Crippen molar-refractivity contribution in [2.75, 3.05) is 11.9 Å². The summed E-state index contributed by atoms with van der Waals surface area (Å²) in [6.45, 7) is 4.23. The number of hydrogen-bond donors (Lipinski definition) is 1. The molecular weight excluding hydrogens is 239 g/mol. The smallest absolute Gasteiger partial charge is 0.123 e. The summed E-state index contributed by atoms with van der Waals surface area (Å²) in [5.74, 6) is 0.571. The van der Waals surface area contributed by atoms with Gasteiger partial charge in [0.25, 0.3) is 0 Å². The minimum absolute atomic E-state index is 0.144. The highest BCUT2D eigenvalue weighted by molar-refractivity contribution is 5.55. The lowest BCUT2D eigenvalue weighted by Crippen LogP contribution is -2.36. The number of benzene rings is 1. The van der Waals surface area contributed by atoms with E-state index in [1.54, 1.807) is 6.07 Å². The number of rotatable bonds is 3. The van der Waals surface area contributed by atoms with Crippen LogP contribution < -0.4 is 10.6 Å². The molecule has 2 nitrogen and oxygen atoms in total. The second-order valence-corrected chi connectivity index (χ2v) is 6.03. The van der Waals surface area contributed by atoms with Gasteiger partial charge < -0.3 is 10.6 Å². The number of nitrogens with two attached hydrogens (primary N) is 1. The summed E-state index contributed by atoms with van der Waals surface area (Å²) in [5, 5.41) is 0. The van der Waals surface area contributed by atoms with Crippen LogP contribution in [-0.4, -0.2) is 13.1 Å². The lowest BCUT2D eigenvalue weighted by Gasteiger charge is -2.37. The zero-order valence-corrected chi connectivity index (χ0v) is 12.2. The third kappa shape index (κ3) is 3.27. The summed E-state index contributed by atoms with van der Waals surface area (Å²) >= 11 is 0. The van der Waals surface area contributed by atoms with Gasteiger partial charge in [0, 0.05) is 24.8 Å². The Balaban J connectivity index is 2.25. The summed E-state index contributed by atoms with van der Waals surface area (Å²) in [6, 6.07) is 5.38. The van der Waals surface area contributed by atoms with E-state index in [0.717, 1.165) is 17.2 Å². The van der Waals surface area contributed by atoms with Crippen molar-refractivity contribution in [3.8, 4) is 0 Å². The topological polar surface area (TPSA) is 29.3 Å². The summed E-state index contributed by atoms with van der Waals surface area (Å²) in [5.41, 5.74) is 7.97. The molecule has 3 unspecified atom stereocenters. The maximum Gasteiger partial charge on any atom is 0.123 e. The highest BCUT2D eigenvalue weighted by Gasteiger charge is 2.24. The monoisotopic (exact) mass is 264 g/mol. The van der Waals surface area contributed by atoms with Crippen molar-refractivity contribution in [3.63, 3.8) is 0 Å². The van der Waals surface area contributed by atoms with Crippen LogP contribution in [0.5, 0.6) is 0 Å². The van der Waals surface area contributed by atoms with Crippen molar-refractivity contribution in [2.24, 2.45) is 11.7 Å². The Kier molecular flexibility index (Phi) is 4.46. The molecule has 1 aliphatic carbocycles. The normalized spacial score (nSPS) is 25.1. The Morgan fingerprint density at radius 3 is 2.74 bits per heavy atom. The van der Waals surface area contributed by atoms with Crippen LogP contribution in [0, 0.1) is 11.7 Å². The molecule has 106 valence electrons. The lowest BCUT2D eigenvalue weighted by molar-refractivity contribution is 0.336. The van der Waals surface area contributed by atoms with Crippen LogP contribution in [0.2, 0.25) is 0 Å². The van der Waals surface area contributed by atoms with Crippen LogP contribution in [0.1, 0.15) is 51.1 Å². The molecule has 0 aromatic heterocycles. The van der Waals surface area contributed by atoms with Crippen LogP contribution in [0.3, 0.4) is 0 Å². The van der Waals surface area contributed by atoms with E-state index in [1.165, 1.54) is 31.7 Å². The molecule has 1 fully saturated rings. The predicted molar refractivity (Wildman–Crippen MR) is 78.8 cm³/mol. The van der Waals surface area contributed by atoms with Gasteiger partial charge in [-0.1, -0.05) is 19.8 Å². The van der Waals surface area contributed by atoms with E-state index in [1.807, 2.05) is 13.0 Å². The molecular formula is C16H25FN2. The van der Waals surface area contributed by atoms with E-state index in [0.29, 0.717) is 6.04 Å². The number of anilines is 1. The first-order chi connectivity index (χ1) is 8.99. The average molecular weight is 264 g/mol. The fraction of sp³-hybridized carbons (Fsp3) is 0.625. The molecule has 19 heavy (non-hydrogen) atoms. The highest BCUT2D eigenvalue weighted by Crippen LogP contribution is 2.33. The Labute approximate surface area is 115 Å². The third-order valence-corrected chi connectivity index (χ3v) is 4.32. The zero-order chi connectivity index (χ0) is 14.0. The fourth-order valence-electron chi connectivity index (χ4n) is 3.16. The van der Waals surface area contributed by atoms with Crippen molar-refractivity contribution in [1.82, 2.24) is 0 Å².